The minimum Gasteiger partial charge on any atom is -0.456 e. The number of rotatable bonds is 5. The van der Waals surface area contributed by atoms with Gasteiger partial charge in [-0.1, -0.05) is 146 Å². The molecule has 1 aliphatic heterocycles. The third-order valence-corrected chi connectivity index (χ3v) is 11.5. The van der Waals surface area contributed by atoms with Crippen LogP contribution < -0.4 is 4.90 Å². The van der Waals surface area contributed by atoms with Crippen LogP contribution >= 0.6 is 0 Å². The van der Waals surface area contributed by atoms with Gasteiger partial charge in [0.05, 0.1) is 6.04 Å². The number of hydrogen-bond donors (Lipinski definition) is 0. The summed E-state index contributed by atoms with van der Waals surface area (Å²) in [5.74, 6) is 2.12. The standard InChI is InChI=1S/C51H32N4O2/c1-3-14-31(15-4-1)49-52-50(32-16-5-2-6-17-32)54-51(53-49)39-23-13-27-45-47(39)46-36(20-12-26-44(46)56-45)37-21-11-22-38-40-30-33(28-29-43(40)57-48(37)38)55-41-24-9-7-18-34(41)35-19-8-10-25-42(35)55/h1-30,34,41H. The molecule has 0 N–H and O–H groups in total. The summed E-state index contributed by atoms with van der Waals surface area (Å²) in [4.78, 5) is 17.6. The lowest BCUT2D eigenvalue weighted by atomic mass is 9.91. The molecule has 0 radical (unpaired) electrons. The monoisotopic (exact) mass is 732 g/mol. The van der Waals surface area contributed by atoms with Crippen LogP contribution in [0.1, 0.15) is 11.5 Å². The van der Waals surface area contributed by atoms with Gasteiger partial charge in [0.1, 0.15) is 22.3 Å². The number of fused-ring (bicyclic) bond motifs is 9. The van der Waals surface area contributed by atoms with Crippen molar-refractivity contribution in [3.05, 3.63) is 188 Å². The van der Waals surface area contributed by atoms with E-state index in [-0.39, 0.29) is 6.04 Å². The molecule has 0 fully saturated rings. The van der Waals surface area contributed by atoms with Crippen molar-refractivity contribution < 1.29 is 8.83 Å². The molecule has 0 amide bonds. The Morgan fingerprint density at radius 1 is 0.456 bits per heavy atom. The number of aromatic nitrogens is 3. The third-order valence-electron chi connectivity index (χ3n) is 11.5. The van der Waals surface area contributed by atoms with Gasteiger partial charge in [0.2, 0.25) is 0 Å². The molecular weight excluding hydrogens is 701 g/mol. The van der Waals surface area contributed by atoms with E-state index in [0.717, 1.165) is 77.4 Å². The summed E-state index contributed by atoms with van der Waals surface area (Å²) in [6, 6.07) is 54.5. The molecule has 7 aromatic carbocycles. The first-order valence-corrected chi connectivity index (χ1v) is 19.3. The molecule has 0 spiro atoms. The minimum atomic E-state index is 0.219. The topological polar surface area (TPSA) is 68.2 Å². The highest BCUT2D eigenvalue weighted by atomic mass is 16.3. The fraction of sp³-hybridized carbons (Fsp3) is 0.0392. The summed E-state index contributed by atoms with van der Waals surface area (Å²) in [5, 5.41) is 4.07. The molecule has 0 saturated carbocycles. The predicted molar refractivity (Wildman–Crippen MR) is 230 cm³/mol. The van der Waals surface area contributed by atoms with Gasteiger partial charge in [0, 0.05) is 61.1 Å². The van der Waals surface area contributed by atoms with E-state index in [4.69, 9.17) is 23.8 Å². The van der Waals surface area contributed by atoms with Gasteiger partial charge in [-0.15, -0.1) is 0 Å². The van der Waals surface area contributed by atoms with Crippen LogP contribution in [0.2, 0.25) is 0 Å². The zero-order valence-electron chi connectivity index (χ0n) is 30.6. The second-order valence-corrected chi connectivity index (χ2v) is 14.7. The summed E-state index contributed by atoms with van der Waals surface area (Å²) in [6.45, 7) is 0. The van der Waals surface area contributed by atoms with Crippen LogP contribution in [-0.4, -0.2) is 21.0 Å². The summed E-state index contributed by atoms with van der Waals surface area (Å²) < 4.78 is 13.4. The predicted octanol–water partition coefficient (Wildman–Crippen LogP) is 13.1. The third kappa shape index (κ3) is 4.94. The molecule has 57 heavy (non-hydrogen) atoms. The highest BCUT2D eigenvalue weighted by Crippen LogP contribution is 2.49. The van der Waals surface area contributed by atoms with Crippen molar-refractivity contribution >= 4 is 55.3 Å². The van der Waals surface area contributed by atoms with Gasteiger partial charge in [-0.25, -0.2) is 15.0 Å². The first kappa shape index (κ1) is 31.7. The minimum absolute atomic E-state index is 0.219. The smallest absolute Gasteiger partial charge is 0.164 e. The number of benzene rings is 7. The maximum Gasteiger partial charge on any atom is 0.164 e. The SMILES string of the molecule is C1=CC2c3ccccc3N(c3ccc4oc5c(-c6cccc7oc8cccc(-c9nc(-c%10ccccc%10)nc(-c%10ccccc%10)n9)c8c67)cccc5c4c3)C2C=C1. The number of anilines is 2. The van der Waals surface area contributed by atoms with Crippen molar-refractivity contribution in [1.29, 1.82) is 0 Å². The van der Waals surface area contributed by atoms with E-state index in [0.29, 0.717) is 23.4 Å². The lowest BCUT2D eigenvalue weighted by molar-refractivity contribution is 0.668. The molecule has 6 nitrogen and oxygen atoms in total. The Balaban J connectivity index is 1.05. The Hall–Kier alpha value is -7.57. The molecule has 1 aliphatic carbocycles. The van der Waals surface area contributed by atoms with E-state index in [9.17, 15) is 0 Å². The summed E-state index contributed by atoms with van der Waals surface area (Å²) in [7, 11) is 0. The summed E-state index contributed by atoms with van der Waals surface area (Å²) in [6.07, 6.45) is 8.95. The zero-order valence-corrected chi connectivity index (χ0v) is 30.6. The Morgan fingerprint density at radius 2 is 1.09 bits per heavy atom. The van der Waals surface area contributed by atoms with Crippen molar-refractivity contribution in [2.24, 2.45) is 0 Å². The lowest BCUT2D eigenvalue weighted by Gasteiger charge is -2.28. The largest absolute Gasteiger partial charge is 0.456 e. The van der Waals surface area contributed by atoms with Gasteiger partial charge in [-0.3, -0.25) is 0 Å². The van der Waals surface area contributed by atoms with Crippen molar-refractivity contribution in [3.63, 3.8) is 0 Å². The van der Waals surface area contributed by atoms with Crippen LogP contribution in [0.15, 0.2) is 191 Å². The number of nitrogens with zero attached hydrogens (tertiary/aromatic N) is 4. The molecular formula is C51H32N4O2. The number of para-hydroxylation sites is 2. The van der Waals surface area contributed by atoms with E-state index in [1.54, 1.807) is 0 Å². The second kappa shape index (κ2) is 12.5. The van der Waals surface area contributed by atoms with Gasteiger partial charge < -0.3 is 13.7 Å². The fourth-order valence-electron chi connectivity index (χ4n) is 8.95. The first-order valence-electron chi connectivity index (χ1n) is 19.3. The highest BCUT2D eigenvalue weighted by Gasteiger charge is 2.37. The van der Waals surface area contributed by atoms with Crippen LogP contribution in [-0.2, 0) is 0 Å². The van der Waals surface area contributed by atoms with Gasteiger partial charge in [0.25, 0.3) is 0 Å². The molecule has 6 heteroatoms. The summed E-state index contributed by atoms with van der Waals surface area (Å²) >= 11 is 0. The normalized spacial score (nSPS) is 15.9. The first-order chi connectivity index (χ1) is 28.3. The molecule has 10 aromatic rings. The molecule has 4 heterocycles. The van der Waals surface area contributed by atoms with Crippen molar-refractivity contribution in [2.45, 2.75) is 12.0 Å². The number of hydrogen-bond acceptors (Lipinski definition) is 6. The van der Waals surface area contributed by atoms with E-state index < -0.39 is 0 Å². The molecule has 2 aliphatic rings. The Bertz CT molecular complexity index is 3210. The van der Waals surface area contributed by atoms with Crippen LogP contribution in [0.3, 0.4) is 0 Å². The summed E-state index contributed by atoms with van der Waals surface area (Å²) in [5.41, 5.74) is 11.7. The molecule has 268 valence electrons. The fourth-order valence-corrected chi connectivity index (χ4v) is 8.95. The molecule has 2 atom stereocenters. The van der Waals surface area contributed by atoms with E-state index >= 15 is 0 Å². The van der Waals surface area contributed by atoms with Crippen LogP contribution in [0.4, 0.5) is 11.4 Å². The van der Waals surface area contributed by atoms with Gasteiger partial charge in [-0.05, 0) is 47.5 Å². The molecule has 0 bridgehead atoms. The molecule has 12 rings (SSSR count). The van der Waals surface area contributed by atoms with E-state index in [1.165, 1.54) is 11.3 Å². The van der Waals surface area contributed by atoms with Gasteiger partial charge in [-0.2, -0.15) is 0 Å². The zero-order chi connectivity index (χ0) is 37.5. The number of furan rings is 2. The Kier molecular flexibility index (Phi) is 6.95. The van der Waals surface area contributed by atoms with Gasteiger partial charge >= 0.3 is 0 Å². The average Bonchev–Trinajstić information content (AvgIpc) is 3.96. The van der Waals surface area contributed by atoms with Crippen molar-refractivity contribution in [3.8, 4) is 45.3 Å². The van der Waals surface area contributed by atoms with Crippen LogP contribution in [0.5, 0.6) is 0 Å². The number of allylic oxidation sites excluding steroid dienone is 2. The van der Waals surface area contributed by atoms with Crippen LogP contribution in [0.25, 0.3) is 89.2 Å². The quantitative estimate of drug-likeness (QED) is 0.175. The maximum atomic E-state index is 6.81. The van der Waals surface area contributed by atoms with Crippen molar-refractivity contribution in [2.75, 3.05) is 4.90 Å². The Morgan fingerprint density at radius 3 is 1.86 bits per heavy atom. The second-order valence-electron chi connectivity index (χ2n) is 14.7. The molecule has 0 saturated heterocycles. The highest BCUT2D eigenvalue weighted by molar-refractivity contribution is 6.20. The Labute approximate surface area is 327 Å². The van der Waals surface area contributed by atoms with E-state index in [1.807, 2.05) is 78.9 Å². The maximum absolute atomic E-state index is 6.81. The van der Waals surface area contributed by atoms with Crippen LogP contribution in [0, 0.1) is 0 Å². The van der Waals surface area contributed by atoms with Crippen molar-refractivity contribution in [1.82, 2.24) is 15.0 Å². The molecule has 3 aromatic heterocycles. The van der Waals surface area contributed by atoms with Gasteiger partial charge in [0.15, 0.2) is 17.5 Å². The average molecular weight is 733 g/mol. The molecule has 2 unspecified atom stereocenters. The lowest BCUT2D eigenvalue weighted by Crippen LogP contribution is -2.28. The van der Waals surface area contributed by atoms with E-state index in [2.05, 4.69) is 108 Å².